The number of aromatic amines is 1. The number of likely N-dealkylation sites (tertiary alicyclic amines) is 1. The van der Waals surface area contributed by atoms with Gasteiger partial charge in [-0.15, -0.1) is 0 Å². The largest absolute Gasteiger partial charge is 0.488 e. The van der Waals surface area contributed by atoms with Crippen LogP contribution in [0.1, 0.15) is 37.3 Å². The van der Waals surface area contributed by atoms with Gasteiger partial charge in [0.05, 0.1) is 30.1 Å². The molecular formula is C24H26F6N6O4. The summed E-state index contributed by atoms with van der Waals surface area (Å²) in [6, 6.07) is -0.0191. The third-order valence-corrected chi connectivity index (χ3v) is 7.27. The van der Waals surface area contributed by atoms with Crippen LogP contribution in [0.4, 0.5) is 37.8 Å². The molecule has 0 bridgehead atoms. The van der Waals surface area contributed by atoms with Gasteiger partial charge in [-0.25, -0.2) is 10.1 Å². The number of aromatic nitrogens is 3. The monoisotopic (exact) mass is 576 g/mol. The van der Waals surface area contributed by atoms with Crippen molar-refractivity contribution in [3.8, 4) is 5.75 Å². The van der Waals surface area contributed by atoms with Gasteiger partial charge in [0.2, 0.25) is 0 Å². The number of nitrogens with one attached hydrogen (secondary N) is 2. The van der Waals surface area contributed by atoms with E-state index in [0.717, 1.165) is 18.5 Å². The van der Waals surface area contributed by atoms with Crippen LogP contribution in [0, 0.1) is 0 Å². The predicted molar refractivity (Wildman–Crippen MR) is 128 cm³/mol. The molecule has 2 fully saturated rings. The van der Waals surface area contributed by atoms with Gasteiger partial charge < -0.3 is 24.6 Å². The summed E-state index contributed by atoms with van der Waals surface area (Å²) in [5.74, 6) is 0.197. The molecule has 16 heteroatoms. The zero-order chi connectivity index (χ0) is 28.8. The molecule has 2 unspecified atom stereocenters. The average molecular weight is 576 g/mol. The van der Waals surface area contributed by atoms with Crippen LogP contribution in [-0.4, -0.2) is 76.5 Å². The number of halogens is 6. The zero-order valence-corrected chi connectivity index (χ0v) is 21.2. The third kappa shape index (κ3) is 5.53. The van der Waals surface area contributed by atoms with E-state index in [0.29, 0.717) is 38.2 Å². The van der Waals surface area contributed by atoms with Crippen molar-refractivity contribution in [3.05, 3.63) is 39.9 Å². The molecule has 3 aliphatic heterocycles. The normalized spacial score (nSPS) is 23.9. The fraction of sp³-hybridized carbons (Fsp3) is 0.583. The van der Waals surface area contributed by atoms with Gasteiger partial charge in [-0.3, -0.25) is 9.59 Å². The lowest BCUT2D eigenvalue weighted by atomic mass is 9.95. The van der Waals surface area contributed by atoms with E-state index in [1.54, 1.807) is 16.9 Å². The molecule has 0 aromatic carbocycles. The smallest absolute Gasteiger partial charge is 0.423 e. The Bertz CT molecular complexity index is 1320. The molecule has 218 valence electrons. The number of fused-ring (bicyclic) bond motifs is 3. The van der Waals surface area contributed by atoms with Gasteiger partial charge in [0, 0.05) is 37.8 Å². The number of piperidine rings is 1. The molecule has 2 aromatic heterocycles. The van der Waals surface area contributed by atoms with E-state index in [1.165, 1.54) is 0 Å². The van der Waals surface area contributed by atoms with E-state index in [2.05, 4.69) is 15.4 Å². The summed E-state index contributed by atoms with van der Waals surface area (Å²) in [6.07, 6.45) is -7.02. The predicted octanol–water partition coefficient (Wildman–Crippen LogP) is 3.05. The summed E-state index contributed by atoms with van der Waals surface area (Å²) in [5.41, 5.74) is -4.13. The van der Waals surface area contributed by atoms with Gasteiger partial charge in [0.1, 0.15) is 18.3 Å². The van der Waals surface area contributed by atoms with Crippen LogP contribution < -0.4 is 20.5 Å². The summed E-state index contributed by atoms with van der Waals surface area (Å²) in [4.78, 5) is 32.4. The minimum Gasteiger partial charge on any atom is -0.488 e. The topological polar surface area (TPSA) is 113 Å². The van der Waals surface area contributed by atoms with Gasteiger partial charge >= 0.3 is 12.4 Å². The standard InChI is InChI=1S/C24H26F6N6O4/c1-12(33-16-9-32-34-21(37)19(16)24(28,29)30)10-39-17-3-5-36(22(17)38)14-2-4-35-15(7-14)11-40-18-6-13(23(25,26)27)8-31-20(18)35/h6,8-9,12,14-15,17H,2-5,7,10-11H2,1H3,(H2,33,34,37)/t12-,14?,15+,17?/m0/s1. The van der Waals surface area contributed by atoms with Crippen LogP contribution in [0.3, 0.4) is 0 Å². The molecule has 1 amide bonds. The molecule has 0 aliphatic carbocycles. The quantitative estimate of drug-likeness (QED) is 0.505. The Morgan fingerprint density at radius 1 is 1.10 bits per heavy atom. The minimum atomic E-state index is -4.88. The molecular weight excluding hydrogens is 550 g/mol. The average Bonchev–Trinajstić information content (AvgIpc) is 3.25. The van der Waals surface area contributed by atoms with Crippen LogP contribution in [-0.2, 0) is 21.9 Å². The van der Waals surface area contributed by atoms with Crippen LogP contribution in [0.5, 0.6) is 5.75 Å². The number of nitrogens with zero attached hydrogens (tertiary/aromatic N) is 4. The Labute approximate surface area is 223 Å². The van der Waals surface area contributed by atoms with Gasteiger partial charge in [0.25, 0.3) is 11.5 Å². The van der Waals surface area contributed by atoms with Gasteiger partial charge in [0.15, 0.2) is 11.6 Å². The number of hydrogen-bond acceptors (Lipinski definition) is 8. The van der Waals surface area contributed by atoms with Crippen LogP contribution >= 0.6 is 0 Å². The molecule has 2 saturated heterocycles. The number of alkyl halides is 6. The first kappa shape index (κ1) is 28.0. The highest BCUT2D eigenvalue weighted by Crippen LogP contribution is 2.40. The SMILES string of the molecule is C[C@@H](COC1CCN(C2CCN3c4ncc(C(F)(F)F)cc4OC[C@H]3C2)C1=O)Nc1cn[nH]c(=O)c1C(F)(F)F. The minimum absolute atomic E-state index is 0.0798. The lowest BCUT2D eigenvalue weighted by Gasteiger charge is -2.45. The fourth-order valence-corrected chi connectivity index (χ4v) is 5.40. The summed E-state index contributed by atoms with van der Waals surface area (Å²) in [5, 5.41) is 7.76. The molecule has 40 heavy (non-hydrogen) atoms. The molecule has 0 saturated carbocycles. The van der Waals surface area contributed by atoms with Crippen LogP contribution in [0.15, 0.2) is 23.3 Å². The lowest BCUT2D eigenvalue weighted by Crippen LogP contribution is -2.54. The molecule has 2 aromatic rings. The molecule has 2 N–H and O–H groups in total. The van der Waals surface area contributed by atoms with Crippen molar-refractivity contribution >= 4 is 17.4 Å². The van der Waals surface area contributed by atoms with Crippen molar-refractivity contribution in [1.29, 1.82) is 0 Å². The number of carbonyl (C=O) groups excluding carboxylic acids is 1. The summed E-state index contributed by atoms with van der Waals surface area (Å²) in [6.45, 7) is 2.54. The van der Waals surface area contributed by atoms with Gasteiger partial charge in [-0.2, -0.15) is 31.4 Å². The Morgan fingerprint density at radius 2 is 1.85 bits per heavy atom. The first-order valence-electron chi connectivity index (χ1n) is 12.6. The van der Waals surface area contributed by atoms with Gasteiger partial charge in [-0.1, -0.05) is 0 Å². The summed E-state index contributed by atoms with van der Waals surface area (Å²) in [7, 11) is 0. The maximum absolute atomic E-state index is 13.3. The van der Waals surface area contributed by atoms with Crippen molar-refractivity contribution in [2.75, 3.05) is 36.5 Å². The summed E-state index contributed by atoms with van der Waals surface area (Å²) < 4.78 is 90.3. The van der Waals surface area contributed by atoms with Crippen molar-refractivity contribution in [1.82, 2.24) is 20.1 Å². The number of carbonyl (C=O) groups is 1. The van der Waals surface area contributed by atoms with E-state index < -0.39 is 46.9 Å². The number of rotatable bonds is 6. The second-order valence-corrected chi connectivity index (χ2v) is 10.1. The van der Waals surface area contributed by atoms with E-state index in [4.69, 9.17) is 9.47 Å². The number of pyridine rings is 1. The molecule has 3 aliphatic rings. The highest BCUT2D eigenvalue weighted by Gasteiger charge is 2.43. The Balaban J connectivity index is 1.16. The molecule has 5 heterocycles. The first-order valence-corrected chi connectivity index (χ1v) is 12.6. The highest BCUT2D eigenvalue weighted by molar-refractivity contribution is 5.83. The summed E-state index contributed by atoms with van der Waals surface area (Å²) >= 11 is 0. The van der Waals surface area contributed by atoms with Crippen molar-refractivity contribution in [2.45, 2.75) is 62.8 Å². The van der Waals surface area contributed by atoms with Crippen molar-refractivity contribution in [2.24, 2.45) is 0 Å². The number of amides is 1. The van der Waals surface area contributed by atoms with E-state index in [-0.39, 0.29) is 37.0 Å². The fourth-order valence-electron chi connectivity index (χ4n) is 5.40. The lowest BCUT2D eigenvalue weighted by molar-refractivity contribution is -0.140. The molecule has 10 nitrogen and oxygen atoms in total. The maximum Gasteiger partial charge on any atom is 0.423 e. The second-order valence-electron chi connectivity index (χ2n) is 10.1. The molecule has 0 spiro atoms. The second kappa shape index (κ2) is 10.4. The highest BCUT2D eigenvalue weighted by atomic mass is 19.4. The van der Waals surface area contributed by atoms with Crippen LogP contribution in [0.25, 0.3) is 0 Å². The number of hydrogen-bond donors (Lipinski definition) is 2. The molecule has 4 atom stereocenters. The van der Waals surface area contributed by atoms with E-state index in [1.807, 2.05) is 4.90 Å². The van der Waals surface area contributed by atoms with Gasteiger partial charge in [-0.05, 0) is 25.8 Å². The van der Waals surface area contributed by atoms with Crippen LogP contribution in [0.2, 0.25) is 0 Å². The Hall–Kier alpha value is -3.56. The third-order valence-electron chi connectivity index (χ3n) is 7.27. The van der Waals surface area contributed by atoms with E-state index in [9.17, 15) is 35.9 Å². The molecule has 5 rings (SSSR count). The first-order chi connectivity index (χ1) is 18.8. The Kier molecular flexibility index (Phi) is 7.31. The molecule has 0 radical (unpaired) electrons. The van der Waals surface area contributed by atoms with E-state index >= 15 is 0 Å². The number of anilines is 2. The van der Waals surface area contributed by atoms with Crippen molar-refractivity contribution in [3.63, 3.8) is 0 Å². The van der Waals surface area contributed by atoms with Crippen molar-refractivity contribution < 1.29 is 40.6 Å². The zero-order valence-electron chi connectivity index (χ0n) is 21.2. The Morgan fingerprint density at radius 3 is 2.58 bits per heavy atom. The number of H-pyrrole nitrogens is 1. The maximum atomic E-state index is 13.3. The number of ether oxygens (including phenoxy) is 2.